The van der Waals surface area contributed by atoms with Crippen molar-refractivity contribution < 1.29 is 32.5 Å². The molecule has 1 amide bonds. The van der Waals surface area contributed by atoms with Gasteiger partial charge in [-0.2, -0.15) is 0 Å². The Morgan fingerprint density at radius 3 is 2.56 bits per heavy atom. The molecule has 9 heteroatoms. The van der Waals surface area contributed by atoms with Crippen molar-refractivity contribution in [2.24, 2.45) is 0 Å². The van der Waals surface area contributed by atoms with E-state index in [0.29, 0.717) is 22.4 Å². The Hall–Kier alpha value is -4.40. The number of aromatic hydroxyl groups is 1. The largest absolute Gasteiger partial charge is 0.573 e. The third-order valence-corrected chi connectivity index (χ3v) is 5.61. The van der Waals surface area contributed by atoms with E-state index in [0.717, 1.165) is 0 Å². The fraction of sp³-hybridized carbons (Fsp3) is 0.148. The first-order valence-electron chi connectivity index (χ1n) is 10.9. The lowest BCUT2D eigenvalue weighted by Gasteiger charge is -2.35. The van der Waals surface area contributed by atoms with Gasteiger partial charge < -0.3 is 24.8 Å². The monoisotopic (exact) mass is 496 g/mol. The number of hydrogen-bond acceptors (Lipinski definition) is 5. The average Bonchev–Trinajstić information content (AvgIpc) is 2.83. The molecule has 2 N–H and O–H groups in total. The molecule has 1 unspecified atom stereocenters. The molecular formula is C27H23F3N2O4. The highest BCUT2D eigenvalue weighted by Crippen LogP contribution is 2.42. The van der Waals surface area contributed by atoms with Crippen LogP contribution in [0.3, 0.4) is 0 Å². The second-order valence-electron chi connectivity index (χ2n) is 8.02. The third-order valence-electron chi connectivity index (χ3n) is 5.61. The topological polar surface area (TPSA) is 71.0 Å². The quantitative estimate of drug-likeness (QED) is 0.392. The number of anilines is 1. The summed E-state index contributed by atoms with van der Waals surface area (Å²) < 4.78 is 47.4. The van der Waals surface area contributed by atoms with Crippen LogP contribution in [-0.2, 0) is 11.3 Å². The summed E-state index contributed by atoms with van der Waals surface area (Å²) in [6, 6.07) is 17.1. The van der Waals surface area contributed by atoms with Crippen LogP contribution in [0.5, 0.6) is 17.2 Å². The van der Waals surface area contributed by atoms with Gasteiger partial charge in [0, 0.05) is 18.4 Å². The van der Waals surface area contributed by atoms with Crippen molar-refractivity contribution in [2.45, 2.75) is 18.9 Å². The van der Waals surface area contributed by atoms with Gasteiger partial charge >= 0.3 is 6.36 Å². The van der Waals surface area contributed by atoms with Crippen LogP contribution in [0.15, 0.2) is 85.6 Å². The van der Waals surface area contributed by atoms with Crippen LogP contribution in [0.25, 0.3) is 5.57 Å². The van der Waals surface area contributed by atoms with Crippen LogP contribution in [0.1, 0.15) is 22.7 Å². The molecule has 0 bridgehead atoms. The number of phenols is 1. The number of rotatable bonds is 7. The zero-order chi connectivity index (χ0) is 25.9. The Bertz CT molecular complexity index is 1310. The molecule has 0 aliphatic carbocycles. The Kier molecular flexibility index (Phi) is 6.91. The van der Waals surface area contributed by atoms with Gasteiger partial charge in [0.05, 0.1) is 18.7 Å². The number of phenolic OH excluding ortho intramolecular Hbond substituents is 1. The molecule has 4 rings (SSSR count). The molecule has 0 saturated heterocycles. The van der Waals surface area contributed by atoms with Gasteiger partial charge in [0.25, 0.3) is 5.91 Å². The maximum Gasteiger partial charge on any atom is 0.573 e. The number of alkyl halides is 3. The first-order valence-corrected chi connectivity index (χ1v) is 10.9. The summed E-state index contributed by atoms with van der Waals surface area (Å²) in [5, 5.41) is 13.2. The number of hydrogen-bond donors (Lipinski definition) is 2. The fourth-order valence-electron chi connectivity index (χ4n) is 4.08. The van der Waals surface area contributed by atoms with Gasteiger partial charge in [-0.15, -0.1) is 19.8 Å². The van der Waals surface area contributed by atoms with Crippen molar-refractivity contribution in [3.63, 3.8) is 0 Å². The summed E-state index contributed by atoms with van der Waals surface area (Å²) in [5.41, 5.74) is 2.49. The van der Waals surface area contributed by atoms with E-state index in [1.54, 1.807) is 53.6 Å². The van der Waals surface area contributed by atoms with Crippen molar-refractivity contribution in [2.75, 3.05) is 12.4 Å². The minimum atomic E-state index is -4.81. The van der Waals surface area contributed by atoms with Crippen LogP contribution in [0, 0.1) is 0 Å². The molecule has 1 aliphatic rings. The number of halogens is 3. The molecular weight excluding hydrogens is 473 g/mol. The molecule has 3 aromatic rings. The lowest BCUT2D eigenvalue weighted by Crippen LogP contribution is -2.29. The van der Waals surface area contributed by atoms with E-state index in [9.17, 15) is 23.1 Å². The van der Waals surface area contributed by atoms with Gasteiger partial charge in [0.1, 0.15) is 5.75 Å². The van der Waals surface area contributed by atoms with Gasteiger partial charge in [-0.3, -0.25) is 4.79 Å². The van der Waals surface area contributed by atoms with Crippen LogP contribution in [0.4, 0.5) is 18.9 Å². The number of fused-ring (bicyclic) bond motifs is 1. The second kappa shape index (κ2) is 10.1. The molecule has 0 fully saturated rings. The number of nitrogens with one attached hydrogen (secondary N) is 1. The number of ether oxygens (including phenoxy) is 2. The second-order valence-corrected chi connectivity index (χ2v) is 8.02. The van der Waals surface area contributed by atoms with E-state index in [2.05, 4.69) is 16.6 Å². The van der Waals surface area contributed by atoms with Crippen molar-refractivity contribution in [1.29, 1.82) is 0 Å². The zero-order valence-corrected chi connectivity index (χ0v) is 19.3. The maximum atomic E-state index is 13.3. The lowest BCUT2D eigenvalue weighted by atomic mass is 9.89. The molecule has 0 radical (unpaired) electrons. The standard InChI is InChI=1S/C27H23F3N2O4/c1-3-23-21-14-25(35-2)24(33)13-20(21)22(26(34)31-18-9-5-4-6-10-18)16-32(23)15-17-8-7-11-19(12-17)36-27(28,29)30/h3-14,16,23,33H,1,15H2,2H3,(H,31,34). The number of carbonyl (C=O) groups excluding carboxylic acids is 1. The van der Waals surface area contributed by atoms with E-state index in [1.807, 2.05) is 6.07 Å². The third kappa shape index (κ3) is 5.46. The zero-order valence-electron chi connectivity index (χ0n) is 19.3. The molecule has 0 aromatic heterocycles. The minimum Gasteiger partial charge on any atom is -0.504 e. The van der Waals surface area contributed by atoms with E-state index in [1.165, 1.54) is 31.4 Å². The number of para-hydroxylation sites is 1. The summed E-state index contributed by atoms with van der Waals surface area (Å²) >= 11 is 0. The number of benzene rings is 3. The SMILES string of the molecule is C=CC1c2cc(OC)c(O)cc2C(C(=O)Nc2ccccc2)=CN1Cc1cccc(OC(F)(F)F)c1. The average molecular weight is 496 g/mol. The Labute approximate surface area is 205 Å². The highest BCUT2D eigenvalue weighted by Gasteiger charge is 2.32. The predicted octanol–water partition coefficient (Wildman–Crippen LogP) is 6.02. The van der Waals surface area contributed by atoms with E-state index in [-0.39, 0.29) is 29.4 Å². The minimum absolute atomic E-state index is 0.136. The van der Waals surface area contributed by atoms with Crippen molar-refractivity contribution in [3.8, 4) is 17.2 Å². The first-order chi connectivity index (χ1) is 17.2. The fourth-order valence-corrected chi connectivity index (χ4v) is 4.08. The summed E-state index contributed by atoms with van der Waals surface area (Å²) in [4.78, 5) is 15.1. The van der Waals surface area contributed by atoms with Crippen LogP contribution < -0.4 is 14.8 Å². The van der Waals surface area contributed by atoms with Crippen molar-refractivity contribution >= 4 is 17.2 Å². The molecule has 3 aromatic carbocycles. The van der Waals surface area contributed by atoms with Crippen LogP contribution in [-0.4, -0.2) is 29.4 Å². The number of nitrogens with zero attached hydrogens (tertiary/aromatic N) is 1. The number of carbonyl (C=O) groups is 1. The van der Waals surface area contributed by atoms with Crippen LogP contribution in [0.2, 0.25) is 0 Å². The van der Waals surface area contributed by atoms with E-state index in [4.69, 9.17) is 4.74 Å². The van der Waals surface area contributed by atoms with Gasteiger partial charge in [-0.25, -0.2) is 0 Å². The Morgan fingerprint density at radius 2 is 1.89 bits per heavy atom. The molecule has 0 saturated carbocycles. The summed E-state index contributed by atoms with van der Waals surface area (Å²) in [5.74, 6) is -0.687. The molecule has 1 atom stereocenters. The smallest absolute Gasteiger partial charge is 0.504 e. The Morgan fingerprint density at radius 1 is 1.14 bits per heavy atom. The lowest BCUT2D eigenvalue weighted by molar-refractivity contribution is -0.274. The Balaban J connectivity index is 1.74. The first kappa shape index (κ1) is 24.7. The molecule has 6 nitrogen and oxygen atoms in total. The number of amides is 1. The van der Waals surface area contributed by atoms with Gasteiger partial charge in [-0.1, -0.05) is 36.4 Å². The molecule has 36 heavy (non-hydrogen) atoms. The molecule has 1 heterocycles. The highest BCUT2D eigenvalue weighted by molar-refractivity contribution is 6.26. The summed E-state index contributed by atoms with van der Waals surface area (Å²) in [6.07, 6.45) is -1.56. The highest BCUT2D eigenvalue weighted by atomic mass is 19.4. The van der Waals surface area contributed by atoms with Crippen LogP contribution >= 0.6 is 0 Å². The summed E-state index contributed by atoms with van der Waals surface area (Å²) in [6.45, 7) is 4.06. The molecule has 186 valence electrons. The van der Waals surface area contributed by atoms with Crippen molar-refractivity contribution in [3.05, 3.63) is 102 Å². The summed E-state index contributed by atoms with van der Waals surface area (Å²) in [7, 11) is 1.41. The normalized spacial score (nSPS) is 14.9. The van der Waals surface area contributed by atoms with E-state index >= 15 is 0 Å². The molecule has 0 spiro atoms. The predicted molar refractivity (Wildman–Crippen MR) is 129 cm³/mol. The maximum absolute atomic E-state index is 13.3. The number of methoxy groups -OCH3 is 1. The van der Waals surface area contributed by atoms with Gasteiger partial charge in [-0.05, 0) is 53.1 Å². The van der Waals surface area contributed by atoms with Crippen molar-refractivity contribution in [1.82, 2.24) is 4.90 Å². The molecule has 1 aliphatic heterocycles. The van der Waals surface area contributed by atoms with Gasteiger partial charge in [0.2, 0.25) is 0 Å². The van der Waals surface area contributed by atoms with Gasteiger partial charge in [0.15, 0.2) is 11.5 Å². The van der Waals surface area contributed by atoms with E-state index < -0.39 is 18.3 Å².